The lowest BCUT2D eigenvalue weighted by Crippen LogP contribution is -2.24. The van der Waals surface area contributed by atoms with Gasteiger partial charge in [-0.15, -0.1) is 11.3 Å². The van der Waals surface area contributed by atoms with Crippen LogP contribution in [0.1, 0.15) is 21.0 Å². The summed E-state index contributed by atoms with van der Waals surface area (Å²) >= 11 is 1.48. The average Bonchev–Trinajstić information content (AvgIpc) is 2.71. The van der Waals surface area contributed by atoms with Crippen molar-refractivity contribution in [2.75, 3.05) is 5.73 Å². The van der Waals surface area contributed by atoms with E-state index in [1.54, 1.807) is 32.2 Å². The zero-order valence-electron chi connectivity index (χ0n) is 11.6. The van der Waals surface area contributed by atoms with E-state index in [9.17, 15) is 8.42 Å². The fourth-order valence-electron chi connectivity index (χ4n) is 2.12. The molecule has 0 spiro atoms. The molecule has 5 nitrogen and oxygen atoms in total. The highest BCUT2D eigenvalue weighted by Crippen LogP contribution is 2.23. The summed E-state index contributed by atoms with van der Waals surface area (Å²) in [7, 11) is -3.57. The molecule has 2 aromatic rings. The van der Waals surface area contributed by atoms with Crippen LogP contribution < -0.4 is 10.5 Å². The Hall–Kier alpha value is -1.44. The Morgan fingerprint density at radius 2 is 1.85 bits per heavy atom. The summed E-state index contributed by atoms with van der Waals surface area (Å²) in [6.07, 6.45) is 1.73. The van der Waals surface area contributed by atoms with E-state index >= 15 is 0 Å². The van der Waals surface area contributed by atoms with Crippen LogP contribution in [0.4, 0.5) is 5.69 Å². The molecule has 1 aromatic heterocycles. The molecule has 7 heteroatoms. The van der Waals surface area contributed by atoms with Gasteiger partial charge < -0.3 is 5.73 Å². The lowest BCUT2D eigenvalue weighted by molar-refractivity contribution is 0.580. The fraction of sp³-hybridized carbons (Fsp3) is 0.308. The van der Waals surface area contributed by atoms with E-state index < -0.39 is 10.0 Å². The number of nitrogens with zero attached hydrogens (tertiary/aromatic N) is 1. The molecule has 0 aliphatic carbocycles. The molecule has 0 atom stereocenters. The monoisotopic (exact) mass is 311 g/mol. The number of hydrogen-bond donors (Lipinski definition) is 2. The summed E-state index contributed by atoms with van der Waals surface area (Å²) < 4.78 is 27.4. The van der Waals surface area contributed by atoms with E-state index in [0.29, 0.717) is 21.7 Å². The molecule has 0 aliphatic heterocycles. The van der Waals surface area contributed by atoms with Gasteiger partial charge in [-0.25, -0.2) is 18.1 Å². The number of rotatable bonds is 4. The van der Waals surface area contributed by atoms with Gasteiger partial charge >= 0.3 is 0 Å². The lowest BCUT2D eigenvalue weighted by atomic mass is 10.1. The second kappa shape index (κ2) is 5.51. The van der Waals surface area contributed by atoms with E-state index in [1.807, 2.05) is 6.92 Å². The molecular formula is C13H17N3O2S2. The largest absolute Gasteiger partial charge is 0.399 e. The van der Waals surface area contributed by atoms with Crippen molar-refractivity contribution < 1.29 is 8.42 Å². The van der Waals surface area contributed by atoms with Gasteiger partial charge in [-0.05, 0) is 44.0 Å². The Kier molecular flexibility index (Phi) is 4.12. The summed E-state index contributed by atoms with van der Waals surface area (Å²) in [5.41, 5.74) is 7.57. The number of hydrogen-bond acceptors (Lipinski definition) is 5. The van der Waals surface area contributed by atoms with Crippen LogP contribution in [0.2, 0.25) is 0 Å². The first-order chi connectivity index (χ1) is 9.29. The summed E-state index contributed by atoms with van der Waals surface area (Å²) in [5, 5.41) is 0.747. The number of aromatic nitrogens is 1. The number of sulfonamides is 1. The van der Waals surface area contributed by atoms with Gasteiger partial charge in [-0.1, -0.05) is 0 Å². The third kappa shape index (κ3) is 3.17. The summed E-state index contributed by atoms with van der Waals surface area (Å²) in [6.45, 7) is 5.62. The molecule has 3 N–H and O–H groups in total. The second-order valence-electron chi connectivity index (χ2n) is 4.67. The van der Waals surface area contributed by atoms with E-state index in [1.165, 1.54) is 11.3 Å². The first-order valence-electron chi connectivity index (χ1n) is 6.07. The average molecular weight is 311 g/mol. The van der Waals surface area contributed by atoms with Crippen LogP contribution in [-0.4, -0.2) is 13.4 Å². The predicted octanol–water partition coefficient (Wildman–Crippen LogP) is 2.13. The Balaban J connectivity index is 2.27. The maximum atomic E-state index is 12.4. The first kappa shape index (κ1) is 15.0. The molecule has 0 saturated carbocycles. The number of nitrogens with two attached hydrogens (primary N) is 1. The third-order valence-corrected chi connectivity index (χ3v) is 5.45. The minimum Gasteiger partial charge on any atom is -0.399 e. The van der Waals surface area contributed by atoms with Gasteiger partial charge in [-0.2, -0.15) is 0 Å². The number of thiazole rings is 1. The van der Waals surface area contributed by atoms with Crippen molar-refractivity contribution in [2.24, 2.45) is 0 Å². The normalized spacial score (nSPS) is 11.8. The van der Waals surface area contributed by atoms with Crippen LogP contribution in [0.5, 0.6) is 0 Å². The molecule has 0 amide bonds. The Labute approximate surface area is 122 Å². The highest BCUT2D eigenvalue weighted by atomic mass is 32.2. The van der Waals surface area contributed by atoms with Gasteiger partial charge in [0, 0.05) is 16.8 Å². The molecule has 1 heterocycles. The maximum absolute atomic E-state index is 12.4. The zero-order chi connectivity index (χ0) is 14.9. The molecule has 1 aromatic carbocycles. The molecule has 20 heavy (non-hydrogen) atoms. The number of aryl methyl sites for hydroxylation is 3. The number of nitrogens with one attached hydrogen (secondary N) is 1. The van der Waals surface area contributed by atoms with Gasteiger partial charge in [-0.3, -0.25) is 0 Å². The Bertz CT molecular complexity index is 713. The predicted molar refractivity (Wildman–Crippen MR) is 81.2 cm³/mol. The summed E-state index contributed by atoms with van der Waals surface area (Å²) in [5.74, 6) is 0. The van der Waals surface area contributed by atoms with Crippen molar-refractivity contribution in [1.29, 1.82) is 0 Å². The Morgan fingerprint density at radius 3 is 2.35 bits per heavy atom. The molecule has 0 unspecified atom stereocenters. The van der Waals surface area contributed by atoms with Crippen LogP contribution in [0.25, 0.3) is 0 Å². The number of benzene rings is 1. The van der Waals surface area contributed by atoms with Gasteiger partial charge in [0.05, 0.1) is 11.4 Å². The minimum absolute atomic E-state index is 0.199. The Morgan fingerprint density at radius 1 is 1.25 bits per heavy atom. The minimum atomic E-state index is -3.57. The smallest absolute Gasteiger partial charge is 0.241 e. The second-order valence-corrected chi connectivity index (χ2v) is 7.70. The van der Waals surface area contributed by atoms with Crippen LogP contribution in [0.15, 0.2) is 23.2 Å². The van der Waals surface area contributed by atoms with E-state index in [4.69, 9.17) is 5.73 Å². The topological polar surface area (TPSA) is 85.1 Å². The summed E-state index contributed by atoms with van der Waals surface area (Å²) in [4.78, 5) is 5.49. The fourth-order valence-corrected chi connectivity index (χ4v) is 4.37. The molecule has 0 saturated heterocycles. The molecule has 0 bridgehead atoms. The van der Waals surface area contributed by atoms with E-state index in [2.05, 4.69) is 9.71 Å². The molecule has 0 fully saturated rings. The maximum Gasteiger partial charge on any atom is 0.241 e. The van der Waals surface area contributed by atoms with Gasteiger partial charge in [0.2, 0.25) is 10.0 Å². The zero-order valence-corrected chi connectivity index (χ0v) is 13.2. The van der Waals surface area contributed by atoms with E-state index in [0.717, 1.165) is 9.88 Å². The highest BCUT2D eigenvalue weighted by molar-refractivity contribution is 7.89. The number of anilines is 1. The van der Waals surface area contributed by atoms with Crippen molar-refractivity contribution >= 4 is 27.0 Å². The van der Waals surface area contributed by atoms with Crippen LogP contribution >= 0.6 is 11.3 Å². The van der Waals surface area contributed by atoms with E-state index in [-0.39, 0.29) is 6.54 Å². The van der Waals surface area contributed by atoms with Crippen LogP contribution in [0.3, 0.4) is 0 Å². The SMILES string of the molecule is Cc1cnc(CNS(=O)(=O)c2c(C)cc(N)cc2C)s1. The van der Waals surface area contributed by atoms with Crippen molar-refractivity contribution in [1.82, 2.24) is 9.71 Å². The molecule has 0 aliphatic rings. The quantitative estimate of drug-likeness (QED) is 0.847. The molecular weight excluding hydrogens is 294 g/mol. The van der Waals surface area contributed by atoms with Crippen molar-refractivity contribution in [3.63, 3.8) is 0 Å². The van der Waals surface area contributed by atoms with Crippen LogP contribution in [0, 0.1) is 20.8 Å². The standard InChI is InChI=1S/C13H17N3O2S2/c1-8-4-11(14)5-9(2)13(8)20(17,18)16-7-12-15-6-10(3)19-12/h4-6,16H,7,14H2,1-3H3. The molecule has 0 radical (unpaired) electrons. The third-order valence-electron chi connectivity index (χ3n) is 2.83. The number of nitrogen functional groups attached to an aromatic ring is 1. The highest BCUT2D eigenvalue weighted by Gasteiger charge is 2.20. The van der Waals surface area contributed by atoms with Gasteiger partial charge in [0.15, 0.2) is 0 Å². The first-order valence-corrected chi connectivity index (χ1v) is 8.37. The van der Waals surface area contributed by atoms with Crippen molar-refractivity contribution in [3.8, 4) is 0 Å². The van der Waals surface area contributed by atoms with Crippen LogP contribution in [-0.2, 0) is 16.6 Å². The van der Waals surface area contributed by atoms with Gasteiger partial charge in [0.1, 0.15) is 5.01 Å². The van der Waals surface area contributed by atoms with Crippen molar-refractivity contribution in [2.45, 2.75) is 32.2 Å². The van der Waals surface area contributed by atoms with Gasteiger partial charge in [0.25, 0.3) is 0 Å². The molecule has 108 valence electrons. The molecule has 2 rings (SSSR count). The lowest BCUT2D eigenvalue weighted by Gasteiger charge is -2.12. The van der Waals surface area contributed by atoms with Crippen molar-refractivity contribution in [3.05, 3.63) is 39.3 Å². The summed E-state index contributed by atoms with van der Waals surface area (Å²) in [6, 6.07) is 3.32.